The van der Waals surface area contributed by atoms with E-state index in [0.717, 1.165) is 12.5 Å². The minimum atomic E-state index is -0.198. The third-order valence-electron chi connectivity index (χ3n) is 1.92. The van der Waals surface area contributed by atoms with Crippen molar-refractivity contribution in [2.75, 3.05) is 34.3 Å². The molecule has 5 heteroatoms. The van der Waals surface area contributed by atoms with Gasteiger partial charge in [0.2, 0.25) is 0 Å². The summed E-state index contributed by atoms with van der Waals surface area (Å²) in [5.74, 6) is 0.901. The smallest absolute Gasteiger partial charge is 0.193 e. The fourth-order valence-electron chi connectivity index (χ4n) is 0.843. The van der Waals surface area contributed by atoms with E-state index >= 15 is 0 Å². The fourth-order valence-corrected chi connectivity index (χ4v) is 0.843. The van der Waals surface area contributed by atoms with Crippen LogP contribution < -0.4 is 5.32 Å². The lowest BCUT2D eigenvalue weighted by Gasteiger charge is -2.23. The average molecular weight is 329 g/mol. The molecule has 1 N–H and O–H groups in total. The lowest BCUT2D eigenvalue weighted by atomic mass is 10.1. The molecule has 0 saturated heterocycles. The zero-order valence-electron chi connectivity index (χ0n) is 10.6. The minimum Gasteiger partial charge on any atom is -0.377 e. The lowest BCUT2D eigenvalue weighted by molar-refractivity contribution is 0.0309. The Morgan fingerprint density at radius 3 is 2.27 bits per heavy atom. The molecule has 0 aromatic rings. The van der Waals surface area contributed by atoms with Crippen LogP contribution in [0.25, 0.3) is 0 Å². The van der Waals surface area contributed by atoms with Crippen LogP contribution in [-0.4, -0.2) is 50.8 Å². The number of hydrogen-bond donors (Lipinski definition) is 1. The standard InChI is InChI=1S/C10H23N3O.HI/c1-7-11-9(13(4)5)12-8-10(2,3)14-6;/h7-8H2,1-6H3,(H,11,12);1H. The van der Waals surface area contributed by atoms with Crippen molar-refractivity contribution < 1.29 is 4.74 Å². The zero-order valence-corrected chi connectivity index (χ0v) is 13.0. The highest BCUT2D eigenvalue weighted by Crippen LogP contribution is 2.07. The van der Waals surface area contributed by atoms with Crippen LogP contribution in [0.3, 0.4) is 0 Å². The van der Waals surface area contributed by atoms with Gasteiger partial charge < -0.3 is 15.0 Å². The normalized spacial score (nSPS) is 12.0. The van der Waals surface area contributed by atoms with Gasteiger partial charge >= 0.3 is 0 Å². The molecule has 0 spiro atoms. The Labute approximate surface area is 110 Å². The second-order valence-electron chi connectivity index (χ2n) is 4.03. The molecule has 0 aromatic carbocycles. The quantitative estimate of drug-likeness (QED) is 0.483. The first kappa shape index (κ1) is 17.4. The van der Waals surface area contributed by atoms with Crippen molar-refractivity contribution in [2.24, 2.45) is 4.99 Å². The molecular weight excluding hydrogens is 305 g/mol. The number of aliphatic imine (C=N–C) groups is 1. The van der Waals surface area contributed by atoms with Gasteiger partial charge in [0.1, 0.15) is 0 Å². The van der Waals surface area contributed by atoms with Crippen molar-refractivity contribution in [3.63, 3.8) is 0 Å². The highest BCUT2D eigenvalue weighted by molar-refractivity contribution is 14.0. The van der Waals surface area contributed by atoms with Crippen LogP contribution in [0.15, 0.2) is 4.99 Å². The first-order chi connectivity index (χ1) is 6.43. The molecule has 0 aliphatic heterocycles. The van der Waals surface area contributed by atoms with Gasteiger partial charge in [0.25, 0.3) is 0 Å². The molecule has 0 fully saturated rings. The number of rotatable bonds is 4. The summed E-state index contributed by atoms with van der Waals surface area (Å²) in [6.07, 6.45) is 0. The molecule has 0 amide bonds. The number of guanidine groups is 1. The average Bonchev–Trinajstić information content (AvgIpc) is 2.12. The van der Waals surface area contributed by atoms with Gasteiger partial charge in [-0.1, -0.05) is 0 Å². The van der Waals surface area contributed by atoms with Crippen LogP contribution in [0.1, 0.15) is 20.8 Å². The third-order valence-corrected chi connectivity index (χ3v) is 1.92. The summed E-state index contributed by atoms with van der Waals surface area (Å²) in [5, 5.41) is 3.20. The van der Waals surface area contributed by atoms with Gasteiger partial charge in [-0.05, 0) is 20.8 Å². The Kier molecular flexibility index (Phi) is 9.43. The maximum atomic E-state index is 5.29. The minimum absolute atomic E-state index is 0. The topological polar surface area (TPSA) is 36.9 Å². The van der Waals surface area contributed by atoms with Crippen LogP contribution in [0.4, 0.5) is 0 Å². The van der Waals surface area contributed by atoms with E-state index in [0.29, 0.717) is 6.54 Å². The molecule has 0 rings (SSSR count). The number of nitrogens with zero attached hydrogens (tertiary/aromatic N) is 2. The van der Waals surface area contributed by atoms with E-state index in [1.165, 1.54) is 0 Å². The molecule has 0 radical (unpaired) electrons. The van der Waals surface area contributed by atoms with Crippen LogP contribution in [0, 0.1) is 0 Å². The van der Waals surface area contributed by atoms with Gasteiger partial charge in [-0.15, -0.1) is 24.0 Å². The summed E-state index contributed by atoms with van der Waals surface area (Å²) in [5.41, 5.74) is -0.198. The Morgan fingerprint density at radius 1 is 1.40 bits per heavy atom. The molecule has 92 valence electrons. The van der Waals surface area contributed by atoms with Crippen LogP contribution in [-0.2, 0) is 4.74 Å². The van der Waals surface area contributed by atoms with Crippen molar-refractivity contribution in [3.8, 4) is 0 Å². The third kappa shape index (κ3) is 7.84. The zero-order chi connectivity index (χ0) is 11.2. The van der Waals surface area contributed by atoms with E-state index in [1.54, 1.807) is 7.11 Å². The molecule has 0 saturated carbocycles. The summed E-state index contributed by atoms with van der Waals surface area (Å²) in [6, 6.07) is 0. The molecular formula is C10H24IN3O. The van der Waals surface area contributed by atoms with E-state index in [4.69, 9.17) is 4.74 Å². The summed E-state index contributed by atoms with van der Waals surface area (Å²) < 4.78 is 5.29. The first-order valence-corrected chi connectivity index (χ1v) is 4.93. The highest BCUT2D eigenvalue weighted by atomic mass is 127. The summed E-state index contributed by atoms with van der Waals surface area (Å²) >= 11 is 0. The predicted octanol–water partition coefficient (Wildman–Crippen LogP) is 1.56. The molecule has 4 nitrogen and oxygen atoms in total. The molecule has 0 aliphatic rings. The molecule has 0 unspecified atom stereocenters. The van der Waals surface area contributed by atoms with Crippen molar-refractivity contribution in [1.29, 1.82) is 0 Å². The second-order valence-corrected chi connectivity index (χ2v) is 4.03. The van der Waals surface area contributed by atoms with Crippen molar-refractivity contribution in [1.82, 2.24) is 10.2 Å². The van der Waals surface area contributed by atoms with E-state index < -0.39 is 0 Å². The van der Waals surface area contributed by atoms with Crippen molar-refractivity contribution in [3.05, 3.63) is 0 Å². The Bertz CT molecular complexity index is 193. The van der Waals surface area contributed by atoms with E-state index in [1.807, 2.05) is 32.8 Å². The Morgan fingerprint density at radius 2 is 1.93 bits per heavy atom. The summed E-state index contributed by atoms with van der Waals surface area (Å²) in [7, 11) is 5.65. The monoisotopic (exact) mass is 329 g/mol. The van der Waals surface area contributed by atoms with Crippen LogP contribution >= 0.6 is 24.0 Å². The Balaban J connectivity index is 0. The van der Waals surface area contributed by atoms with Gasteiger partial charge in [0, 0.05) is 27.7 Å². The Hall–Kier alpha value is -0.0400. The first-order valence-electron chi connectivity index (χ1n) is 4.93. The maximum Gasteiger partial charge on any atom is 0.193 e. The number of halogens is 1. The summed E-state index contributed by atoms with van der Waals surface area (Å²) in [4.78, 5) is 6.43. The number of nitrogens with one attached hydrogen (secondary N) is 1. The van der Waals surface area contributed by atoms with Gasteiger partial charge in [-0.2, -0.15) is 0 Å². The van der Waals surface area contributed by atoms with Crippen LogP contribution in [0.2, 0.25) is 0 Å². The molecule has 0 heterocycles. The molecule has 0 atom stereocenters. The van der Waals surface area contributed by atoms with Gasteiger partial charge in [-0.25, -0.2) is 0 Å². The largest absolute Gasteiger partial charge is 0.377 e. The van der Waals surface area contributed by atoms with Gasteiger partial charge in [0.15, 0.2) is 5.96 Å². The van der Waals surface area contributed by atoms with Gasteiger partial charge in [-0.3, -0.25) is 4.99 Å². The molecule has 0 aromatic heterocycles. The van der Waals surface area contributed by atoms with Crippen LogP contribution in [0.5, 0.6) is 0 Å². The number of hydrogen-bond acceptors (Lipinski definition) is 2. The van der Waals surface area contributed by atoms with E-state index in [-0.39, 0.29) is 29.6 Å². The van der Waals surface area contributed by atoms with Crippen molar-refractivity contribution >= 4 is 29.9 Å². The van der Waals surface area contributed by atoms with E-state index in [2.05, 4.69) is 17.2 Å². The summed E-state index contributed by atoms with van der Waals surface area (Å²) in [6.45, 7) is 7.64. The predicted molar refractivity (Wildman–Crippen MR) is 76.2 cm³/mol. The molecule has 0 bridgehead atoms. The highest BCUT2D eigenvalue weighted by Gasteiger charge is 2.15. The number of methoxy groups -OCH3 is 1. The maximum absolute atomic E-state index is 5.29. The second kappa shape index (κ2) is 8.15. The van der Waals surface area contributed by atoms with Gasteiger partial charge in [0.05, 0.1) is 12.1 Å². The number of ether oxygens (including phenoxy) is 1. The molecule has 15 heavy (non-hydrogen) atoms. The van der Waals surface area contributed by atoms with Crippen molar-refractivity contribution in [2.45, 2.75) is 26.4 Å². The fraction of sp³-hybridized carbons (Fsp3) is 0.900. The van der Waals surface area contributed by atoms with E-state index in [9.17, 15) is 0 Å². The SMILES string of the molecule is CCNC(=NCC(C)(C)OC)N(C)C.I. The lowest BCUT2D eigenvalue weighted by Crippen LogP contribution is -2.38. The molecule has 0 aliphatic carbocycles.